The predicted octanol–water partition coefficient (Wildman–Crippen LogP) is 4.85. The number of carbonyl (C=O) groups is 2. The molecule has 1 atom stereocenters. The number of benzene rings is 2. The van der Waals surface area contributed by atoms with Gasteiger partial charge >= 0.3 is 0 Å². The molecule has 0 radical (unpaired) electrons. The summed E-state index contributed by atoms with van der Waals surface area (Å²) in [6.45, 7) is 2.39. The summed E-state index contributed by atoms with van der Waals surface area (Å²) in [5.41, 5.74) is 1.07. The number of aromatic nitrogens is 2. The number of nitrogens with zero attached hydrogens (tertiary/aromatic N) is 3. The summed E-state index contributed by atoms with van der Waals surface area (Å²) >= 11 is 0. The minimum atomic E-state index is -1.04. The van der Waals surface area contributed by atoms with Crippen molar-refractivity contribution in [2.75, 3.05) is 11.5 Å². The molecule has 4 rings (SSSR count). The van der Waals surface area contributed by atoms with Crippen molar-refractivity contribution in [1.29, 1.82) is 0 Å². The van der Waals surface area contributed by atoms with Crippen molar-refractivity contribution in [2.45, 2.75) is 51.1 Å². The highest BCUT2D eigenvalue weighted by atomic mass is 19.1. The van der Waals surface area contributed by atoms with Gasteiger partial charge in [0.15, 0.2) is 0 Å². The van der Waals surface area contributed by atoms with Crippen LogP contribution in [0.25, 0.3) is 0 Å². The number of ether oxygens (including phenoxy) is 1. The summed E-state index contributed by atoms with van der Waals surface area (Å²) in [5.74, 6) is -0.591. The number of halogens is 1. The van der Waals surface area contributed by atoms with Gasteiger partial charge in [0.1, 0.15) is 23.3 Å². The van der Waals surface area contributed by atoms with Crippen LogP contribution in [0.4, 0.5) is 10.1 Å². The predicted molar refractivity (Wildman–Crippen MR) is 131 cm³/mol. The Hall–Kier alpha value is -3.81. The van der Waals surface area contributed by atoms with Crippen LogP contribution in [0.2, 0.25) is 0 Å². The molecular formula is C27H29FN4O3. The fourth-order valence-corrected chi connectivity index (χ4v) is 4.38. The molecule has 1 heterocycles. The Morgan fingerprint density at radius 1 is 1.06 bits per heavy atom. The van der Waals surface area contributed by atoms with Crippen LogP contribution in [0.15, 0.2) is 67.1 Å². The van der Waals surface area contributed by atoms with Crippen LogP contribution in [0.3, 0.4) is 0 Å². The van der Waals surface area contributed by atoms with E-state index in [2.05, 4.69) is 15.3 Å². The Morgan fingerprint density at radius 2 is 1.77 bits per heavy atom. The number of rotatable bonds is 8. The summed E-state index contributed by atoms with van der Waals surface area (Å²) in [7, 11) is 0. The van der Waals surface area contributed by atoms with Crippen LogP contribution in [-0.4, -0.2) is 34.4 Å². The molecule has 8 heteroatoms. The maximum Gasteiger partial charge on any atom is 0.279 e. The first-order chi connectivity index (χ1) is 17.1. The van der Waals surface area contributed by atoms with Crippen LogP contribution in [0.1, 0.15) is 61.1 Å². The molecule has 1 aliphatic carbocycles. The van der Waals surface area contributed by atoms with E-state index in [1.54, 1.807) is 24.3 Å². The molecule has 0 spiro atoms. The van der Waals surface area contributed by atoms with Crippen LogP contribution >= 0.6 is 0 Å². The van der Waals surface area contributed by atoms with E-state index in [-0.39, 0.29) is 17.6 Å². The minimum absolute atomic E-state index is 0.0352. The molecule has 2 amide bonds. The zero-order valence-electron chi connectivity index (χ0n) is 19.7. The summed E-state index contributed by atoms with van der Waals surface area (Å²) in [5, 5.41) is 3.13. The maximum atomic E-state index is 13.8. The molecule has 7 nitrogen and oxygen atoms in total. The van der Waals surface area contributed by atoms with E-state index in [1.807, 2.05) is 6.92 Å². The smallest absolute Gasteiger partial charge is 0.279 e. The average molecular weight is 477 g/mol. The molecule has 0 bridgehead atoms. The highest BCUT2D eigenvalue weighted by Gasteiger charge is 2.35. The lowest BCUT2D eigenvalue weighted by molar-refractivity contribution is -0.123. The lowest BCUT2D eigenvalue weighted by atomic mass is 9.94. The second kappa shape index (κ2) is 11.6. The van der Waals surface area contributed by atoms with E-state index in [0.717, 1.165) is 32.1 Å². The van der Waals surface area contributed by atoms with Crippen LogP contribution in [-0.2, 0) is 4.79 Å². The third-order valence-corrected chi connectivity index (χ3v) is 6.07. The number of carbonyl (C=O) groups excluding carboxylic acids is 2. The van der Waals surface area contributed by atoms with Crippen molar-refractivity contribution >= 4 is 17.5 Å². The summed E-state index contributed by atoms with van der Waals surface area (Å²) < 4.78 is 19.3. The van der Waals surface area contributed by atoms with E-state index < -0.39 is 17.8 Å². The van der Waals surface area contributed by atoms with Crippen LogP contribution < -0.4 is 15.0 Å². The number of amides is 2. The van der Waals surface area contributed by atoms with Crippen molar-refractivity contribution < 1.29 is 18.7 Å². The van der Waals surface area contributed by atoms with Gasteiger partial charge in [0.05, 0.1) is 12.8 Å². The summed E-state index contributed by atoms with van der Waals surface area (Å²) in [4.78, 5) is 37.1. The van der Waals surface area contributed by atoms with Gasteiger partial charge in [-0.15, -0.1) is 0 Å². The van der Waals surface area contributed by atoms with Crippen molar-refractivity contribution in [3.8, 4) is 5.75 Å². The van der Waals surface area contributed by atoms with E-state index in [0.29, 0.717) is 23.6 Å². The molecule has 35 heavy (non-hydrogen) atoms. The molecule has 1 unspecified atom stereocenters. The van der Waals surface area contributed by atoms with Crippen molar-refractivity contribution in [3.05, 3.63) is 84.2 Å². The molecule has 1 aliphatic rings. The quantitative estimate of drug-likeness (QED) is 0.502. The second-order valence-electron chi connectivity index (χ2n) is 8.49. The number of hydrogen-bond donors (Lipinski definition) is 1. The van der Waals surface area contributed by atoms with E-state index >= 15 is 0 Å². The second-order valence-corrected chi connectivity index (χ2v) is 8.49. The molecule has 0 saturated heterocycles. The van der Waals surface area contributed by atoms with Crippen LogP contribution in [0.5, 0.6) is 5.75 Å². The first-order valence-electron chi connectivity index (χ1n) is 11.9. The van der Waals surface area contributed by atoms with Gasteiger partial charge in [-0.25, -0.2) is 9.37 Å². The minimum Gasteiger partial charge on any atom is -0.494 e. The average Bonchev–Trinajstić information content (AvgIpc) is 2.89. The van der Waals surface area contributed by atoms with Gasteiger partial charge < -0.3 is 10.1 Å². The highest BCUT2D eigenvalue weighted by Crippen LogP contribution is 2.31. The van der Waals surface area contributed by atoms with Gasteiger partial charge in [0.2, 0.25) is 5.91 Å². The normalized spacial score (nSPS) is 14.7. The van der Waals surface area contributed by atoms with E-state index in [4.69, 9.17) is 4.74 Å². The lowest BCUT2D eigenvalue weighted by Gasteiger charge is -2.33. The van der Waals surface area contributed by atoms with Crippen molar-refractivity contribution in [2.24, 2.45) is 0 Å². The standard InChI is InChI=1S/C27H29FN4O3/c1-2-35-23-14-12-22(13-15-23)32(27(34)24-18-29-16-17-30-24)25(19-8-10-20(28)11-9-19)26(33)31-21-6-4-3-5-7-21/h8-18,21,25H,2-7H2,1H3,(H,31,33). The maximum absolute atomic E-state index is 13.8. The number of nitrogens with one attached hydrogen (secondary N) is 1. The topological polar surface area (TPSA) is 84.4 Å². The Kier molecular flexibility index (Phi) is 8.03. The molecular weight excluding hydrogens is 447 g/mol. The fourth-order valence-electron chi connectivity index (χ4n) is 4.38. The van der Waals surface area contributed by atoms with Gasteiger partial charge in [-0.3, -0.25) is 19.5 Å². The van der Waals surface area contributed by atoms with Crippen molar-refractivity contribution in [1.82, 2.24) is 15.3 Å². The first kappa shape index (κ1) is 24.3. The summed E-state index contributed by atoms with van der Waals surface area (Å²) in [6, 6.07) is 11.6. The zero-order valence-corrected chi connectivity index (χ0v) is 19.7. The summed E-state index contributed by atoms with van der Waals surface area (Å²) in [6.07, 6.45) is 9.30. The molecule has 1 fully saturated rings. The molecule has 1 aromatic heterocycles. The van der Waals surface area contributed by atoms with Gasteiger partial charge in [0.25, 0.3) is 5.91 Å². The van der Waals surface area contributed by atoms with E-state index in [9.17, 15) is 14.0 Å². The fraction of sp³-hybridized carbons (Fsp3) is 0.333. The Morgan fingerprint density at radius 3 is 2.40 bits per heavy atom. The third kappa shape index (κ3) is 6.01. The zero-order chi connectivity index (χ0) is 24.6. The lowest BCUT2D eigenvalue weighted by Crippen LogP contribution is -2.47. The highest BCUT2D eigenvalue weighted by molar-refractivity contribution is 6.09. The van der Waals surface area contributed by atoms with Gasteiger partial charge in [-0.2, -0.15) is 0 Å². The Labute approximate surface area is 204 Å². The van der Waals surface area contributed by atoms with Gasteiger partial charge in [0, 0.05) is 24.1 Å². The Bertz CT molecular complexity index is 1120. The molecule has 1 saturated carbocycles. The third-order valence-electron chi connectivity index (χ3n) is 6.07. The first-order valence-corrected chi connectivity index (χ1v) is 11.9. The van der Waals surface area contributed by atoms with Gasteiger partial charge in [-0.05, 0) is 61.7 Å². The van der Waals surface area contributed by atoms with Crippen molar-refractivity contribution in [3.63, 3.8) is 0 Å². The van der Waals surface area contributed by atoms with Crippen LogP contribution in [0, 0.1) is 5.82 Å². The van der Waals surface area contributed by atoms with Gasteiger partial charge in [-0.1, -0.05) is 31.4 Å². The largest absolute Gasteiger partial charge is 0.494 e. The molecule has 0 aliphatic heterocycles. The molecule has 2 aromatic carbocycles. The number of anilines is 1. The Balaban J connectivity index is 1.78. The van der Waals surface area contributed by atoms with E-state index in [1.165, 1.54) is 47.8 Å². The molecule has 182 valence electrons. The molecule has 3 aromatic rings. The monoisotopic (exact) mass is 476 g/mol. The number of hydrogen-bond acceptors (Lipinski definition) is 5. The molecule has 1 N–H and O–H groups in total. The SMILES string of the molecule is CCOc1ccc(N(C(=O)c2cnccn2)C(C(=O)NC2CCCCC2)c2ccc(F)cc2)cc1.